The number of aromatic nitrogens is 2. The molecule has 1 aliphatic rings. The number of hydrogen-bond donors (Lipinski definition) is 1. The standard InChI is InChI=1S/C33H36N2O6/c1-19-15-25(35-41-19)18-39-26-11-7-9-24(17-26)30-20(2)28(23-12-13-27-22(16-23)10-8-14-38-27)29(21(3)34-30)31(32(36)37)40-33(4,5)6/h7,9,11-13,15-17,31H,8,10,14,18H2,1-6H3,(H,36,37)/t31-/m0/s1. The second-order valence-corrected chi connectivity index (χ2v) is 11.4. The summed E-state index contributed by atoms with van der Waals surface area (Å²) in [6.07, 6.45) is 0.645. The van der Waals surface area contributed by atoms with Crippen molar-refractivity contribution >= 4 is 5.97 Å². The van der Waals surface area contributed by atoms with E-state index in [1.54, 1.807) is 0 Å². The fourth-order valence-corrected chi connectivity index (χ4v) is 5.27. The molecule has 0 radical (unpaired) electrons. The van der Waals surface area contributed by atoms with Gasteiger partial charge in [0.05, 0.1) is 17.9 Å². The van der Waals surface area contributed by atoms with E-state index < -0.39 is 17.7 Å². The molecule has 2 aromatic heterocycles. The van der Waals surface area contributed by atoms with E-state index in [0.29, 0.717) is 29.3 Å². The van der Waals surface area contributed by atoms with Crippen LogP contribution in [0.15, 0.2) is 53.1 Å². The molecule has 0 aliphatic carbocycles. The van der Waals surface area contributed by atoms with Gasteiger partial charge in [0.1, 0.15) is 29.6 Å². The number of benzene rings is 2. The number of aryl methyl sites for hydroxylation is 3. The van der Waals surface area contributed by atoms with Crippen molar-refractivity contribution in [3.63, 3.8) is 0 Å². The van der Waals surface area contributed by atoms with Gasteiger partial charge in [0.25, 0.3) is 0 Å². The molecule has 0 amide bonds. The highest BCUT2D eigenvalue weighted by molar-refractivity contribution is 5.85. The first-order chi connectivity index (χ1) is 19.5. The molecule has 1 N–H and O–H groups in total. The number of nitrogens with zero attached hydrogens (tertiary/aromatic N) is 2. The van der Waals surface area contributed by atoms with E-state index >= 15 is 0 Å². The van der Waals surface area contributed by atoms with Crippen LogP contribution in [-0.2, 0) is 22.6 Å². The highest BCUT2D eigenvalue weighted by atomic mass is 16.5. The van der Waals surface area contributed by atoms with Gasteiger partial charge in [0.2, 0.25) is 0 Å². The summed E-state index contributed by atoms with van der Waals surface area (Å²) >= 11 is 0. The Balaban J connectivity index is 1.64. The minimum atomic E-state index is -1.20. The molecule has 1 atom stereocenters. The summed E-state index contributed by atoms with van der Waals surface area (Å²) in [7, 11) is 0. The van der Waals surface area contributed by atoms with Gasteiger partial charge in [-0.3, -0.25) is 4.98 Å². The van der Waals surface area contributed by atoms with E-state index in [1.807, 2.05) is 84.0 Å². The highest BCUT2D eigenvalue weighted by Crippen LogP contribution is 2.42. The van der Waals surface area contributed by atoms with Crippen LogP contribution in [0, 0.1) is 20.8 Å². The molecule has 0 fully saturated rings. The van der Waals surface area contributed by atoms with E-state index in [9.17, 15) is 9.90 Å². The Kier molecular flexibility index (Phi) is 7.87. The lowest BCUT2D eigenvalue weighted by molar-refractivity contribution is -0.160. The van der Waals surface area contributed by atoms with Crippen molar-refractivity contribution in [1.29, 1.82) is 0 Å². The minimum absolute atomic E-state index is 0.276. The average molecular weight is 557 g/mol. The van der Waals surface area contributed by atoms with Gasteiger partial charge in [0, 0.05) is 22.9 Å². The van der Waals surface area contributed by atoms with Crippen LogP contribution in [-0.4, -0.2) is 33.4 Å². The third-order valence-electron chi connectivity index (χ3n) is 6.99. The monoisotopic (exact) mass is 556 g/mol. The number of hydrogen-bond acceptors (Lipinski definition) is 7. The smallest absolute Gasteiger partial charge is 0.337 e. The molecule has 0 bridgehead atoms. The first-order valence-corrected chi connectivity index (χ1v) is 13.8. The molecule has 0 saturated carbocycles. The van der Waals surface area contributed by atoms with Gasteiger partial charge in [-0.15, -0.1) is 0 Å². The fraction of sp³-hybridized carbons (Fsp3) is 0.364. The predicted molar refractivity (Wildman–Crippen MR) is 155 cm³/mol. The van der Waals surface area contributed by atoms with E-state index in [-0.39, 0.29) is 6.61 Å². The number of carboxylic acids is 1. The maximum absolute atomic E-state index is 12.6. The van der Waals surface area contributed by atoms with Crippen molar-refractivity contribution in [2.45, 2.75) is 72.7 Å². The molecule has 2 aromatic carbocycles. The van der Waals surface area contributed by atoms with Gasteiger partial charge < -0.3 is 23.8 Å². The normalized spacial score (nSPS) is 13.8. The average Bonchev–Trinajstić information content (AvgIpc) is 3.36. The zero-order chi connectivity index (χ0) is 29.3. The zero-order valence-electron chi connectivity index (χ0n) is 24.4. The van der Waals surface area contributed by atoms with Crippen molar-refractivity contribution in [3.05, 3.63) is 82.4 Å². The van der Waals surface area contributed by atoms with E-state index in [4.69, 9.17) is 23.7 Å². The highest BCUT2D eigenvalue weighted by Gasteiger charge is 2.33. The molecule has 5 rings (SSSR count). The number of rotatable bonds is 8. The molecule has 0 unspecified atom stereocenters. The third-order valence-corrected chi connectivity index (χ3v) is 6.99. The topological polar surface area (TPSA) is 104 Å². The van der Waals surface area contributed by atoms with Gasteiger partial charge in [-0.25, -0.2) is 4.79 Å². The molecule has 214 valence electrons. The predicted octanol–water partition coefficient (Wildman–Crippen LogP) is 7.17. The first-order valence-electron chi connectivity index (χ1n) is 13.8. The zero-order valence-corrected chi connectivity index (χ0v) is 24.4. The molecule has 8 nitrogen and oxygen atoms in total. The number of carbonyl (C=O) groups is 1. The molecule has 3 heterocycles. The summed E-state index contributed by atoms with van der Waals surface area (Å²) in [6.45, 7) is 12.2. The molecule has 1 aliphatic heterocycles. The van der Waals surface area contributed by atoms with Crippen LogP contribution in [0.3, 0.4) is 0 Å². The maximum atomic E-state index is 12.6. The van der Waals surface area contributed by atoms with E-state index in [0.717, 1.165) is 57.9 Å². The van der Waals surface area contributed by atoms with Crippen molar-refractivity contribution in [1.82, 2.24) is 10.1 Å². The Hall–Kier alpha value is -4.17. The van der Waals surface area contributed by atoms with Gasteiger partial charge in [-0.1, -0.05) is 23.4 Å². The molecular formula is C33H36N2O6. The van der Waals surface area contributed by atoms with Crippen molar-refractivity contribution < 1.29 is 28.6 Å². The SMILES string of the molecule is Cc1cc(COc2cccc(-c3nc(C)c([C@H](OC(C)(C)C)C(=O)O)c(-c4ccc5c(c4)CCCO5)c3C)c2)no1. The molecular weight excluding hydrogens is 520 g/mol. The van der Waals surface area contributed by atoms with Crippen LogP contribution in [0.1, 0.15) is 67.1 Å². The van der Waals surface area contributed by atoms with Crippen LogP contribution in [0.25, 0.3) is 22.4 Å². The number of carboxylic acid groups (broad SMARTS) is 1. The Morgan fingerprint density at radius 3 is 2.59 bits per heavy atom. The Morgan fingerprint density at radius 1 is 1.07 bits per heavy atom. The maximum Gasteiger partial charge on any atom is 0.337 e. The van der Waals surface area contributed by atoms with Crippen molar-refractivity contribution in [2.75, 3.05) is 6.61 Å². The molecule has 8 heteroatoms. The summed E-state index contributed by atoms with van der Waals surface area (Å²) in [4.78, 5) is 17.6. The Bertz CT molecular complexity index is 1580. The molecule has 0 spiro atoms. The van der Waals surface area contributed by atoms with E-state index in [1.165, 1.54) is 0 Å². The molecule has 0 saturated heterocycles. The van der Waals surface area contributed by atoms with Crippen molar-refractivity contribution in [3.8, 4) is 33.9 Å². The summed E-state index contributed by atoms with van der Waals surface area (Å²) in [6, 6.07) is 15.6. The lowest BCUT2D eigenvalue weighted by Gasteiger charge is -2.29. The first kappa shape index (κ1) is 28.4. The van der Waals surface area contributed by atoms with Crippen LogP contribution in [0.5, 0.6) is 11.5 Å². The van der Waals surface area contributed by atoms with E-state index in [2.05, 4.69) is 11.2 Å². The number of fused-ring (bicyclic) bond motifs is 1. The van der Waals surface area contributed by atoms with Crippen LogP contribution >= 0.6 is 0 Å². The van der Waals surface area contributed by atoms with Gasteiger partial charge in [-0.2, -0.15) is 0 Å². The summed E-state index contributed by atoms with van der Waals surface area (Å²) in [5.74, 6) is 1.21. The Labute approximate surface area is 240 Å². The summed E-state index contributed by atoms with van der Waals surface area (Å²) in [5.41, 5.74) is 6.46. The lowest BCUT2D eigenvalue weighted by atomic mass is 9.87. The van der Waals surface area contributed by atoms with Crippen LogP contribution < -0.4 is 9.47 Å². The summed E-state index contributed by atoms with van der Waals surface area (Å²) < 4.78 is 23.1. The quantitative estimate of drug-likeness (QED) is 0.244. The third kappa shape index (κ3) is 6.28. The largest absolute Gasteiger partial charge is 0.493 e. The second kappa shape index (κ2) is 11.4. The van der Waals surface area contributed by atoms with Gasteiger partial charge >= 0.3 is 5.97 Å². The lowest BCUT2D eigenvalue weighted by Crippen LogP contribution is -2.28. The van der Waals surface area contributed by atoms with Crippen molar-refractivity contribution in [2.24, 2.45) is 0 Å². The summed E-state index contributed by atoms with van der Waals surface area (Å²) in [5, 5.41) is 14.3. The number of pyridine rings is 1. The van der Waals surface area contributed by atoms with Crippen LogP contribution in [0.4, 0.5) is 0 Å². The van der Waals surface area contributed by atoms with Crippen LogP contribution in [0.2, 0.25) is 0 Å². The minimum Gasteiger partial charge on any atom is -0.493 e. The van der Waals surface area contributed by atoms with Gasteiger partial charge in [0.15, 0.2) is 6.10 Å². The number of ether oxygens (including phenoxy) is 3. The second-order valence-electron chi connectivity index (χ2n) is 11.4. The molecule has 41 heavy (non-hydrogen) atoms. The fourth-order valence-electron chi connectivity index (χ4n) is 5.27. The number of aliphatic carboxylic acids is 1. The molecule has 4 aromatic rings. The van der Waals surface area contributed by atoms with Gasteiger partial charge in [-0.05, 0) is 101 Å². The Morgan fingerprint density at radius 2 is 1.88 bits per heavy atom.